The number of fused-ring (bicyclic) bond motifs is 1. The largest absolute Gasteiger partial charge is 0.478 e. The van der Waals surface area contributed by atoms with Gasteiger partial charge in [-0.15, -0.1) is 0 Å². The number of aryl methyl sites for hydroxylation is 1. The molecule has 1 aliphatic carbocycles. The number of aromatic carboxylic acids is 1. The first kappa shape index (κ1) is 17.8. The van der Waals surface area contributed by atoms with Crippen molar-refractivity contribution >= 4 is 11.9 Å². The molecule has 1 aliphatic heterocycles. The predicted octanol–water partition coefficient (Wildman–Crippen LogP) is 3.90. The van der Waals surface area contributed by atoms with E-state index >= 15 is 0 Å². The minimum absolute atomic E-state index is 0.0190. The van der Waals surface area contributed by atoms with Crippen molar-refractivity contribution in [2.24, 2.45) is 5.92 Å². The SMILES string of the molecule is O=C(O)c1ccccc1CC1CCN(C(=O)C2CCc3ccccc32)CC1. The zero-order chi connectivity index (χ0) is 18.8. The summed E-state index contributed by atoms with van der Waals surface area (Å²) in [5.41, 5.74) is 3.83. The lowest BCUT2D eigenvalue weighted by Crippen LogP contribution is -2.41. The molecule has 1 fully saturated rings. The zero-order valence-corrected chi connectivity index (χ0v) is 15.4. The number of carbonyl (C=O) groups is 2. The molecule has 0 spiro atoms. The van der Waals surface area contributed by atoms with Crippen LogP contribution in [0, 0.1) is 5.92 Å². The van der Waals surface area contributed by atoms with E-state index in [1.165, 1.54) is 11.1 Å². The van der Waals surface area contributed by atoms with Crippen molar-refractivity contribution in [2.75, 3.05) is 13.1 Å². The van der Waals surface area contributed by atoms with Gasteiger partial charge in [-0.05, 0) is 60.8 Å². The maximum atomic E-state index is 13.0. The van der Waals surface area contributed by atoms with Crippen LogP contribution in [0.5, 0.6) is 0 Å². The standard InChI is InChI=1S/C23H25NO3/c25-22(21-10-9-17-5-1-3-7-19(17)21)24-13-11-16(12-14-24)15-18-6-2-4-8-20(18)23(26)27/h1-8,16,21H,9-15H2,(H,26,27). The topological polar surface area (TPSA) is 57.6 Å². The van der Waals surface area contributed by atoms with Crippen molar-refractivity contribution in [1.82, 2.24) is 4.90 Å². The van der Waals surface area contributed by atoms with Crippen LogP contribution in [0.25, 0.3) is 0 Å². The van der Waals surface area contributed by atoms with Gasteiger partial charge in [0, 0.05) is 13.1 Å². The molecule has 0 bridgehead atoms. The maximum Gasteiger partial charge on any atom is 0.335 e. The predicted molar refractivity (Wildman–Crippen MR) is 104 cm³/mol. The minimum atomic E-state index is -0.863. The number of hydrogen-bond donors (Lipinski definition) is 1. The Morgan fingerprint density at radius 2 is 1.67 bits per heavy atom. The fourth-order valence-electron chi connectivity index (χ4n) is 4.61. The Morgan fingerprint density at radius 3 is 2.44 bits per heavy atom. The third kappa shape index (κ3) is 3.61. The average Bonchev–Trinajstić information content (AvgIpc) is 3.12. The summed E-state index contributed by atoms with van der Waals surface area (Å²) in [5.74, 6) is -0.140. The van der Waals surface area contributed by atoms with E-state index in [1.54, 1.807) is 12.1 Å². The van der Waals surface area contributed by atoms with E-state index in [4.69, 9.17) is 0 Å². The first-order valence-electron chi connectivity index (χ1n) is 9.81. The molecule has 1 saturated heterocycles. The number of nitrogens with zero attached hydrogens (tertiary/aromatic N) is 1. The van der Waals surface area contributed by atoms with Gasteiger partial charge >= 0.3 is 5.97 Å². The Balaban J connectivity index is 1.37. The Labute approximate surface area is 159 Å². The van der Waals surface area contributed by atoms with Crippen LogP contribution in [-0.2, 0) is 17.6 Å². The highest BCUT2D eigenvalue weighted by atomic mass is 16.4. The van der Waals surface area contributed by atoms with Crippen LogP contribution in [0.2, 0.25) is 0 Å². The van der Waals surface area contributed by atoms with E-state index in [-0.39, 0.29) is 11.8 Å². The molecule has 140 valence electrons. The highest BCUT2D eigenvalue weighted by Gasteiger charge is 2.33. The molecule has 1 heterocycles. The second-order valence-electron chi connectivity index (χ2n) is 7.73. The highest BCUT2D eigenvalue weighted by Crippen LogP contribution is 2.35. The molecule has 2 aromatic carbocycles. The first-order chi connectivity index (χ1) is 13.1. The van der Waals surface area contributed by atoms with Crippen LogP contribution >= 0.6 is 0 Å². The van der Waals surface area contributed by atoms with E-state index in [9.17, 15) is 14.7 Å². The number of benzene rings is 2. The maximum absolute atomic E-state index is 13.0. The molecule has 4 rings (SSSR count). The van der Waals surface area contributed by atoms with Crippen molar-refractivity contribution in [3.8, 4) is 0 Å². The van der Waals surface area contributed by atoms with Crippen LogP contribution in [0.1, 0.15) is 52.2 Å². The van der Waals surface area contributed by atoms with E-state index in [2.05, 4.69) is 12.1 Å². The summed E-state index contributed by atoms with van der Waals surface area (Å²) >= 11 is 0. The number of piperidine rings is 1. The molecule has 0 aromatic heterocycles. The lowest BCUT2D eigenvalue weighted by Gasteiger charge is -2.34. The Bertz CT molecular complexity index is 852. The van der Waals surface area contributed by atoms with Gasteiger partial charge in [0.1, 0.15) is 0 Å². The molecule has 2 aromatic rings. The monoisotopic (exact) mass is 363 g/mol. The molecular weight excluding hydrogens is 338 g/mol. The first-order valence-corrected chi connectivity index (χ1v) is 9.81. The van der Waals surface area contributed by atoms with Gasteiger partial charge in [0.25, 0.3) is 0 Å². The summed E-state index contributed by atoms with van der Waals surface area (Å²) in [4.78, 5) is 26.4. The number of carbonyl (C=O) groups excluding carboxylic acids is 1. The third-order valence-electron chi connectivity index (χ3n) is 6.11. The molecule has 1 N–H and O–H groups in total. The molecule has 0 saturated carbocycles. The van der Waals surface area contributed by atoms with E-state index in [0.717, 1.165) is 50.8 Å². The number of rotatable bonds is 4. The van der Waals surface area contributed by atoms with Crippen LogP contribution in [0.15, 0.2) is 48.5 Å². The van der Waals surface area contributed by atoms with Crippen LogP contribution in [-0.4, -0.2) is 35.0 Å². The normalized spacial score (nSPS) is 19.7. The Kier molecular flexibility index (Phi) is 4.97. The van der Waals surface area contributed by atoms with Crippen LogP contribution in [0.3, 0.4) is 0 Å². The fraction of sp³-hybridized carbons (Fsp3) is 0.391. The highest BCUT2D eigenvalue weighted by molar-refractivity contribution is 5.89. The second-order valence-corrected chi connectivity index (χ2v) is 7.73. The van der Waals surface area contributed by atoms with Crippen molar-refractivity contribution in [2.45, 2.75) is 38.0 Å². The number of carboxylic acid groups (broad SMARTS) is 1. The quantitative estimate of drug-likeness (QED) is 0.896. The molecule has 1 amide bonds. The Morgan fingerprint density at radius 1 is 0.963 bits per heavy atom. The van der Waals surface area contributed by atoms with Gasteiger partial charge in [0.15, 0.2) is 0 Å². The molecule has 1 unspecified atom stereocenters. The van der Waals surface area contributed by atoms with E-state index in [1.807, 2.05) is 29.2 Å². The van der Waals surface area contributed by atoms with Gasteiger partial charge in [-0.1, -0.05) is 42.5 Å². The zero-order valence-electron chi connectivity index (χ0n) is 15.4. The van der Waals surface area contributed by atoms with Gasteiger partial charge in [-0.2, -0.15) is 0 Å². The molecular formula is C23H25NO3. The smallest absolute Gasteiger partial charge is 0.335 e. The summed E-state index contributed by atoms with van der Waals surface area (Å²) in [6.45, 7) is 1.55. The number of carboxylic acids is 1. The van der Waals surface area contributed by atoms with Crippen LogP contribution < -0.4 is 0 Å². The van der Waals surface area contributed by atoms with Gasteiger partial charge in [-0.3, -0.25) is 4.79 Å². The van der Waals surface area contributed by atoms with Gasteiger partial charge in [0.2, 0.25) is 5.91 Å². The minimum Gasteiger partial charge on any atom is -0.478 e. The van der Waals surface area contributed by atoms with Gasteiger partial charge in [-0.25, -0.2) is 4.79 Å². The average molecular weight is 363 g/mol. The van der Waals surface area contributed by atoms with Gasteiger partial charge < -0.3 is 10.0 Å². The molecule has 1 atom stereocenters. The molecule has 4 heteroatoms. The van der Waals surface area contributed by atoms with Gasteiger partial charge in [0.05, 0.1) is 11.5 Å². The van der Waals surface area contributed by atoms with E-state index < -0.39 is 5.97 Å². The van der Waals surface area contributed by atoms with Crippen molar-refractivity contribution in [3.05, 3.63) is 70.8 Å². The number of amides is 1. The van der Waals surface area contributed by atoms with Crippen molar-refractivity contribution in [3.63, 3.8) is 0 Å². The summed E-state index contributed by atoms with van der Waals surface area (Å²) in [5, 5.41) is 9.36. The van der Waals surface area contributed by atoms with E-state index in [0.29, 0.717) is 11.5 Å². The summed E-state index contributed by atoms with van der Waals surface area (Å²) < 4.78 is 0. The molecule has 2 aliphatic rings. The number of hydrogen-bond acceptors (Lipinski definition) is 2. The summed E-state index contributed by atoms with van der Waals surface area (Å²) in [7, 11) is 0. The second kappa shape index (κ2) is 7.55. The molecule has 0 radical (unpaired) electrons. The Hall–Kier alpha value is -2.62. The number of likely N-dealkylation sites (tertiary alicyclic amines) is 1. The fourth-order valence-corrected chi connectivity index (χ4v) is 4.61. The summed E-state index contributed by atoms with van der Waals surface area (Å²) in [6.07, 6.45) is 4.57. The lowest BCUT2D eigenvalue weighted by molar-refractivity contribution is -0.134. The summed E-state index contributed by atoms with van der Waals surface area (Å²) in [6, 6.07) is 15.6. The lowest BCUT2D eigenvalue weighted by atomic mass is 9.87. The molecule has 27 heavy (non-hydrogen) atoms. The van der Waals surface area contributed by atoms with Crippen molar-refractivity contribution in [1.29, 1.82) is 0 Å². The van der Waals surface area contributed by atoms with Crippen LogP contribution in [0.4, 0.5) is 0 Å². The molecule has 4 nitrogen and oxygen atoms in total. The third-order valence-corrected chi connectivity index (χ3v) is 6.11. The van der Waals surface area contributed by atoms with Crippen molar-refractivity contribution < 1.29 is 14.7 Å².